The fraction of sp³-hybridized carbons (Fsp3) is 0.706. The standard InChI is InChI=1S/C17H24N4O6/c1-27-9-8-19-16(25)11-20(17(19)26)12-4-6-18(7-5-12)15(24)10-21-13(22)2-3-14(21)23/h12H,2-11H2,1H3. The molecule has 0 aliphatic carbocycles. The molecule has 0 N–H and O–H groups in total. The van der Waals surface area contributed by atoms with E-state index in [-0.39, 0.29) is 68.2 Å². The maximum atomic E-state index is 12.5. The summed E-state index contributed by atoms with van der Waals surface area (Å²) in [6, 6.07) is -0.414. The molecule has 3 fully saturated rings. The van der Waals surface area contributed by atoms with E-state index in [9.17, 15) is 24.0 Å². The topological polar surface area (TPSA) is 108 Å². The smallest absolute Gasteiger partial charge is 0.327 e. The van der Waals surface area contributed by atoms with E-state index in [4.69, 9.17) is 4.74 Å². The highest BCUT2D eigenvalue weighted by atomic mass is 16.5. The Morgan fingerprint density at radius 1 is 1.00 bits per heavy atom. The van der Waals surface area contributed by atoms with Gasteiger partial charge in [-0.25, -0.2) is 4.79 Å². The third kappa shape index (κ3) is 3.95. The minimum atomic E-state index is -0.310. The van der Waals surface area contributed by atoms with E-state index >= 15 is 0 Å². The number of nitrogens with zero attached hydrogens (tertiary/aromatic N) is 4. The van der Waals surface area contributed by atoms with E-state index in [0.717, 1.165) is 4.90 Å². The van der Waals surface area contributed by atoms with Crippen LogP contribution in [0.25, 0.3) is 0 Å². The molecule has 3 saturated heterocycles. The van der Waals surface area contributed by atoms with Gasteiger partial charge in [-0.3, -0.25) is 29.0 Å². The van der Waals surface area contributed by atoms with E-state index in [1.165, 1.54) is 12.0 Å². The monoisotopic (exact) mass is 380 g/mol. The van der Waals surface area contributed by atoms with Crippen molar-refractivity contribution in [2.45, 2.75) is 31.7 Å². The zero-order valence-corrected chi connectivity index (χ0v) is 15.4. The van der Waals surface area contributed by atoms with Crippen LogP contribution in [-0.2, 0) is 23.9 Å². The van der Waals surface area contributed by atoms with Gasteiger partial charge in [0.05, 0.1) is 13.2 Å². The van der Waals surface area contributed by atoms with Crippen LogP contribution >= 0.6 is 0 Å². The highest BCUT2D eigenvalue weighted by Gasteiger charge is 2.41. The number of piperidine rings is 1. The van der Waals surface area contributed by atoms with Gasteiger partial charge in [-0.15, -0.1) is 0 Å². The first-order valence-corrected chi connectivity index (χ1v) is 9.13. The first kappa shape index (κ1) is 19.3. The molecule has 6 amide bonds. The van der Waals surface area contributed by atoms with Gasteiger partial charge in [-0.2, -0.15) is 0 Å². The maximum Gasteiger partial charge on any atom is 0.327 e. The number of hydrogen-bond donors (Lipinski definition) is 0. The van der Waals surface area contributed by atoms with Crippen molar-refractivity contribution in [3.8, 4) is 0 Å². The minimum Gasteiger partial charge on any atom is -0.383 e. The molecule has 148 valence electrons. The molecular formula is C17H24N4O6. The molecular weight excluding hydrogens is 356 g/mol. The number of rotatable bonds is 6. The zero-order chi connectivity index (χ0) is 19.6. The Labute approximate surface area is 157 Å². The summed E-state index contributed by atoms with van der Waals surface area (Å²) in [7, 11) is 1.51. The summed E-state index contributed by atoms with van der Waals surface area (Å²) in [5.41, 5.74) is 0. The van der Waals surface area contributed by atoms with Crippen LogP contribution in [0.1, 0.15) is 25.7 Å². The number of amides is 6. The van der Waals surface area contributed by atoms with Crippen molar-refractivity contribution < 1.29 is 28.7 Å². The van der Waals surface area contributed by atoms with Crippen molar-refractivity contribution in [1.82, 2.24) is 19.6 Å². The van der Waals surface area contributed by atoms with Gasteiger partial charge in [0.25, 0.3) is 0 Å². The average molecular weight is 380 g/mol. The second kappa shape index (κ2) is 8.03. The van der Waals surface area contributed by atoms with Crippen molar-refractivity contribution in [2.24, 2.45) is 0 Å². The van der Waals surface area contributed by atoms with Crippen LogP contribution < -0.4 is 0 Å². The van der Waals surface area contributed by atoms with Gasteiger partial charge >= 0.3 is 6.03 Å². The first-order valence-electron chi connectivity index (χ1n) is 9.13. The number of urea groups is 1. The summed E-state index contributed by atoms with van der Waals surface area (Å²) in [6.07, 6.45) is 1.45. The Morgan fingerprint density at radius 3 is 2.22 bits per heavy atom. The molecule has 0 radical (unpaired) electrons. The van der Waals surface area contributed by atoms with E-state index < -0.39 is 0 Å². The van der Waals surface area contributed by atoms with Crippen LogP contribution in [0.3, 0.4) is 0 Å². The molecule has 0 spiro atoms. The molecule has 0 unspecified atom stereocenters. The number of ether oxygens (including phenoxy) is 1. The summed E-state index contributed by atoms with van der Waals surface area (Å²) in [5, 5.41) is 0. The lowest BCUT2D eigenvalue weighted by molar-refractivity contribution is -0.146. The van der Waals surface area contributed by atoms with Gasteiger partial charge in [0.1, 0.15) is 13.1 Å². The van der Waals surface area contributed by atoms with Gasteiger partial charge in [0, 0.05) is 39.1 Å². The molecule has 0 aromatic heterocycles. The number of methoxy groups -OCH3 is 1. The summed E-state index contributed by atoms with van der Waals surface area (Å²) in [5.74, 6) is -1.11. The molecule has 27 heavy (non-hydrogen) atoms. The number of imide groups is 2. The highest BCUT2D eigenvalue weighted by molar-refractivity contribution is 6.04. The fourth-order valence-electron chi connectivity index (χ4n) is 3.71. The molecule has 3 rings (SSSR count). The molecule has 3 heterocycles. The van der Waals surface area contributed by atoms with Gasteiger partial charge in [-0.05, 0) is 12.8 Å². The number of carbonyl (C=O) groups is 5. The Balaban J connectivity index is 1.51. The van der Waals surface area contributed by atoms with Crippen molar-refractivity contribution in [3.05, 3.63) is 0 Å². The predicted molar refractivity (Wildman–Crippen MR) is 91.2 cm³/mol. The van der Waals surface area contributed by atoms with Gasteiger partial charge in [-0.1, -0.05) is 0 Å². The lowest BCUT2D eigenvalue weighted by Crippen LogP contribution is -2.50. The quantitative estimate of drug-likeness (QED) is 0.434. The lowest BCUT2D eigenvalue weighted by Gasteiger charge is -2.36. The van der Waals surface area contributed by atoms with Crippen LogP contribution in [0.2, 0.25) is 0 Å². The Bertz CT molecular complexity index is 642. The summed E-state index contributed by atoms with van der Waals surface area (Å²) in [4.78, 5) is 65.6. The molecule has 10 nitrogen and oxygen atoms in total. The summed E-state index contributed by atoms with van der Waals surface area (Å²) >= 11 is 0. The van der Waals surface area contributed by atoms with Gasteiger partial charge < -0.3 is 14.5 Å². The van der Waals surface area contributed by atoms with E-state index in [2.05, 4.69) is 0 Å². The molecule has 3 aliphatic heterocycles. The molecule has 3 aliphatic rings. The Kier molecular flexibility index (Phi) is 5.73. The third-order valence-corrected chi connectivity index (χ3v) is 5.31. The van der Waals surface area contributed by atoms with E-state index in [1.54, 1.807) is 9.80 Å². The molecule has 0 aromatic carbocycles. The fourth-order valence-corrected chi connectivity index (χ4v) is 3.71. The molecule has 10 heteroatoms. The van der Waals surface area contributed by atoms with Crippen LogP contribution in [0.5, 0.6) is 0 Å². The van der Waals surface area contributed by atoms with Crippen molar-refractivity contribution in [3.63, 3.8) is 0 Å². The molecule has 0 atom stereocenters. The zero-order valence-electron chi connectivity index (χ0n) is 15.4. The van der Waals surface area contributed by atoms with Crippen LogP contribution in [0.4, 0.5) is 4.79 Å². The average Bonchev–Trinajstić information content (AvgIpc) is 3.13. The summed E-state index contributed by atoms with van der Waals surface area (Å²) in [6.45, 7) is 1.23. The molecule has 0 saturated carbocycles. The van der Waals surface area contributed by atoms with Crippen molar-refractivity contribution >= 4 is 29.7 Å². The normalized spacial score (nSPS) is 21.8. The lowest BCUT2D eigenvalue weighted by atomic mass is 10.0. The van der Waals surface area contributed by atoms with Gasteiger partial charge in [0.15, 0.2) is 0 Å². The predicted octanol–water partition coefficient (Wildman–Crippen LogP) is -0.963. The second-order valence-electron chi connectivity index (χ2n) is 6.93. The Hall–Kier alpha value is -2.49. The summed E-state index contributed by atoms with van der Waals surface area (Å²) < 4.78 is 4.93. The van der Waals surface area contributed by atoms with Crippen molar-refractivity contribution in [1.29, 1.82) is 0 Å². The highest BCUT2D eigenvalue weighted by Crippen LogP contribution is 2.22. The number of hydrogen-bond acceptors (Lipinski definition) is 6. The van der Waals surface area contributed by atoms with Crippen LogP contribution in [0.15, 0.2) is 0 Å². The third-order valence-electron chi connectivity index (χ3n) is 5.31. The van der Waals surface area contributed by atoms with Gasteiger partial charge in [0.2, 0.25) is 23.6 Å². The van der Waals surface area contributed by atoms with Crippen LogP contribution in [0, 0.1) is 0 Å². The van der Waals surface area contributed by atoms with Crippen molar-refractivity contribution in [2.75, 3.05) is 46.4 Å². The second-order valence-corrected chi connectivity index (χ2v) is 6.93. The molecule has 0 aromatic rings. The maximum absolute atomic E-state index is 12.5. The number of likely N-dealkylation sites (tertiary alicyclic amines) is 2. The largest absolute Gasteiger partial charge is 0.383 e. The Morgan fingerprint density at radius 2 is 1.63 bits per heavy atom. The van der Waals surface area contributed by atoms with E-state index in [1.807, 2.05) is 0 Å². The molecule has 0 bridgehead atoms. The minimum absolute atomic E-state index is 0.0535. The van der Waals surface area contributed by atoms with E-state index in [0.29, 0.717) is 32.5 Å². The first-order chi connectivity index (χ1) is 12.9. The number of carbonyl (C=O) groups excluding carboxylic acids is 5. The van der Waals surface area contributed by atoms with Crippen LogP contribution in [-0.4, -0.2) is 102 Å². The SMILES string of the molecule is COCCN1C(=O)CN(C2CCN(C(=O)CN3C(=O)CCC3=O)CC2)C1=O.